The van der Waals surface area contributed by atoms with Crippen LogP contribution in [0.2, 0.25) is 0 Å². The molecule has 2 fully saturated rings. The lowest BCUT2D eigenvalue weighted by atomic mass is 10.1. The number of carbonyl (C=O) groups is 1. The molecule has 0 spiro atoms. The molecule has 1 amide bonds. The molecule has 2 aliphatic rings. The summed E-state index contributed by atoms with van der Waals surface area (Å²) in [6.45, 7) is 2.77. The highest BCUT2D eigenvalue weighted by Gasteiger charge is 2.65. The highest BCUT2D eigenvalue weighted by molar-refractivity contribution is 8.45. The fourth-order valence-corrected chi connectivity index (χ4v) is 5.04. The molecule has 1 aliphatic heterocycles. The molecule has 1 aliphatic carbocycles. The van der Waals surface area contributed by atoms with Crippen LogP contribution in [0.15, 0.2) is 47.4 Å². The zero-order valence-corrected chi connectivity index (χ0v) is 18.8. The van der Waals surface area contributed by atoms with Gasteiger partial charge in [-0.2, -0.15) is 13.2 Å². The number of aryl methyl sites for hydroxylation is 1. The Morgan fingerprint density at radius 3 is 2.18 bits per heavy atom. The van der Waals surface area contributed by atoms with Crippen molar-refractivity contribution in [3.63, 3.8) is 0 Å². The van der Waals surface area contributed by atoms with Gasteiger partial charge in [0.2, 0.25) is 5.91 Å². The van der Waals surface area contributed by atoms with Gasteiger partial charge in [0, 0.05) is 37.8 Å². The van der Waals surface area contributed by atoms with Gasteiger partial charge in [-0.25, -0.2) is 0 Å². The van der Waals surface area contributed by atoms with Crippen LogP contribution in [0.1, 0.15) is 29.0 Å². The van der Waals surface area contributed by atoms with E-state index in [4.69, 9.17) is 0 Å². The summed E-state index contributed by atoms with van der Waals surface area (Å²) in [6.07, 6.45) is -4.22. The summed E-state index contributed by atoms with van der Waals surface area (Å²) >= 11 is 0. The first-order valence-corrected chi connectivity index (χ1v) is 12.4. The van der Waals surface area contributed by atoms with Gasteiger partial charge in [-0.05, 0) is 54.7 Å². The van der Waals surface area contributed by atoms with Gasteiger partial charge in [0.1, 0.15) is 4.90 Å². The first-order chi connectivity index (χ1) is 15.4. The van der Waals surface area contributed by atoms with Crippen LogP contribution in [-0.2, 0) is 11.0 Å². The third kappa shape index (κ3) is 5.11. The second-order valence-corrected chi connectivity index (χ2v) is 11.2. The van der Waals surface area contributed by atoms with Gasteiger partial charge in [-0.1, -0.05) is 37.6 Å². The summed E-state index contributed by atoms with van der Waals surface area (Å²) in [5.41, 5.74) is 0.376. The van der Waals surface area contributed by atoms with Gasteiger partial charge in [0.15, 0.2) is 0 Å². The topological polar surface area (TPSA) is 23.6 Å². The molecule has 34 heavy (non-hydrogen) atoms. The van der Waals surface area contributed by atoms with E-state index in [1.54, 1.807) is 11.8 Å². The predicted octanol–water partition coefficient (Wildman–Crippen LogP) is 7.12. The van der Waals surface area contributed by atoms with E-state index in [1.165, 1.54) is 17.0 Å². The lowest BCUT2D eigenvalue weighted by Gasteiger charge is -2.40. The fraction of sp³-hybridized carbons (Fsp3) is 0.409. The molecule has 2 atom stereocenters. The van der Waals surface area contributed by atoms with Gasteiger partial charge >= 0.3 is 16.4 Å². The van der Waals surface area contributed by atoms with Crippen LogP contribution in [-0.4, -0.2) is 37.0 Å². The first-order valence-electron chi connectivity index (χ1n) is 10.5. The molecule has 0 bridgehead atoms. The van der Waals surface area contributed by atoms with E-state index in [1.807, 2.05) is 0 Å². The van der Waals surface area contributed by atoms with Gasteiger partial charge in [-0.3, -0.25) is 4.79 Å². The minimum atomic E-state index is -9.81. The van der Waals surface area contributed by atoms with Crippen molar-refractivity contribution in [2.75, 3.05) is 31.1 Å². The number of hydrogen-bond donors (Lipinski definition) is 0. The number of nitrogens with zero attached hydrogens (tertiary/aromatic N) is 2. The third-order valence-corrected chi connectivity index (χ3v) is 7.45. The van der Waals surface area contributed by atoms with Crippen LogP contribution in [0.3, 0.4) is 0 Å². The fourth-order valence-electron chi connectivity index (χ4n) is 4.35. The van der Waals surface area contributed by atoms with Gasteiger partial charge in [0.25, 0.3) is 0 Å². The number of benzene rings is 2. The number of amides is 1. The average molecular weight is 514 g/mol. The quantitative estimate of drug-likeness (QED) is 0.406. The van der Waals surface area contributed by atoms with Gasteiger partial charge in [-0.15, -0.1) is 0 Å². The molecule has 1 saturated heterocycles. The van der Waals surface area contributed by atoms with E-state index in [0.717, 1.165) is 18.2 Å². The lowest BCUT2D eigenvalue weighted by molar-refractivity contribution is -0.137. The van der Waals surface area contributed by atoms with Crippen molar-refractivity contribution in [3.05, 3.63) is 59.2 Å². The maximum absolute atomic E-state index is 13.1. The zero-order valence-electron chi connectivity index (χ0n) is 18.0. The normalized spacial score (nSPS) is 23.3. The standard InChI is InChI=1S/C22H22F8N2OS/c1-14-5-6-16(22(23,24)25)12-20(14)31-7-9-32(10-8-31)21(33)19-13-18(19)15-3-2-4-17(11-15)34(26,27,28,29)30/h2-6,11-12,18-19H,7-10,13H2,1H3/t18?,19-/m0/s1. The van der Waals surface area contributed by atoms with Crippen molar-refractivity contribution in [3.8, 4) is 0 Å². The highest BCUT2D eigenvalue weighted by Crippen LogP contribution is 3.02. The second kappa shape index (κ2) is 7.25. The number of rotatable bonds is 4. The summed E-state index contributed by atoms with van der Waals surface area (Å²) < 4.78 is 105. The maximum Gasteiger partial charge on any atom is 0.416 e. The van der Waals surface area contributed by atoms with E-state index in [-0.39, 0.29) is 31.0 Å². The number of alkyl halides is 3. The smallest absolute Gasteiger partial charge is 0.368 e. The van der Waals surface area contributed by atoms with Gasteiger partial charge in [0.05, 0.1) is 5.56 Å². The van der Waals surface area contributed by atoms with Crippen LogP contribution in [0, 0.1) is 12.8 Å². The maximum atomic E-state index is 13.1. The molecule has 188 valence electrons. The summed E-state index contributed by atoms with van der Waals surface area (Å²) in [5, 5.41) is 0. The van der Waals surface area contributed by atoms with E-state index in [0.29, 0.717) is 36.5 Å². The molecule has 2 aromatic rings. The predicted molar refractivity (Wildman–Crippen MR) is 114 cm³/mol. The number of piperazine rings is 1. The molecule has 1 saturated carbocycles. The molecule has 1 heterocycles. The largest absolute Gasteiger partial charge is 0.416 e. The summed E-state index contributed by atoms with van der Waals surface area (Å²) in [5.74, 6) is -1.46. The Hall–Kier alpha value is -2.50. The Kier molecular flexibility index (Phi) is 5.25. The Bertz CT molecular complexity index is 1130. The van der Waals surface area contributed by atoms with Crippen LogP contribution in [0.25, 0.3) is 0 Å². The van der Waals surface area contributed by atoms with Crippen LogP contribution >= 0.6 is 10.2 Å². The molecular weight excluding hydrogens is 492 g/mol. The molecule has 1 unspecified atom stereocenters. The summed E-state index contributed by atoms with van der Waals surface area (Å²) in [6, 6.07) is 6.46. The number of anilines is 1. The van der Waals surface area contributed by atoms with Crippen LogP contribution in [0.4, 0.5) is 38.3 Å². The Morgan fingerprint density at radius 2 is 1.59 bits per heavy atom. The van der Waals surface area contributed by atoms with Crippen molar-refractivity contribution < 1.29 is 37.4 Å². The average Bonchev–Trinajstić information content (AvgIpc) is 3.52. The Morgan fingerprint density at radius 1 is 0.941 bits per heavy atom. The van der Waals surface area contributed by atoms with E-state index in [9.17, 15) is 37.4 Å². The summed E-state index contributed by atoms with van der Waals surface area (Å²) in [4.78, 5) is 14.2. The molecule has 0 radical (unpaired) electrons. The van der Waals surface area contributed by atoms with E-state index in [2.05, 4.69) is 0 Å². The van der Waals surface area contributed by atoms with Crippen molar-refractivity contribution in [1.29, 1.82) is 0 Å². The Balaban J connectivity index is 1.41. The summed E-state index contributed by atoms with van der Waals surface area (Å²) in [7, 11) is -9.81. The monoisotopic (exact) mass is 514 g/mol. The molecule has 3 nitrogen and oxygen atoms in total. The second-order valence-electron chi connectivity index (χ2n) is 8.80. The molecule has 4 rings (SSSR count). The van der Waals surface area contributed by atoms with E-state index >= 15 is 0 Å². The molecule has 0 aromatic heterocycles. The third-order valence-electron chi connectivity index (χ3n) is 6.31. The Labute approximate surface area is 191 Å². The molecule has 0 N–H and O–H groups in total. The SMILES string of the molecule is Cc1ccc(C(F)(F)F)cc1N1CCN(C(=O)[C@H]2CC2c2cccc(S(F)(F)(F)(F)F)c2)CC1. The van der Waals surface area contributed by atoms with Crippen LogP contribution in [0.5, 0.6) is 0 Å². The van der Waals surface area contributed by atoms with Crippen LogP contribution < -0.4 is 4.90 Å². The number of hydrogen-bond acceptors (Lipinski definition) is 2. The van der Waals surface area contributed by atoms with Crippen molar-refractivity contribution in [2.24, 2.45) is 5.92 Å². The molecular formula is C22H22F8N2OS. The first kappa shape index (κ1) is 24.6. The minimum Gasteiger partial charge on any atom is -0.368 e. The minimum absolute atomic E-state index is 0.0438. The van der Waals surface area contributed by atoms with Gasteiger partial charge < -0.3 is 9.80 Å². The van der Waals surface area contributed by atoms with E-state index < -0.39 is 38.7 Å². The highest BCUT2D eigenvalue weighted by atomic mass is 32.5. The molecule has 12 heteroatoms. The van der Waals surface area contributed by atoms with Crippen molar-refractivity contribution in [1.82, 2.24) is 4.90 Å². The lowest BCUT2D eigenvalue weighted by Crippen LogP contribution is -2.49. The number of carbonyl (C=O) groups excluding carboxylic acids is 1. The number of halogens is 8. The molecule has 2 aromatic carbocycles. The van der Waals surface area contributed by atoms with Crippen molar-refractivity contribution in [2.45, 2.75) is 30.3 Å². The zero-order chi connectivity index (χ0) is 25.2. The van der Waals surface area contributed by atoms with Crippen molar-refractivity contribution >= 4 is 21.8 Å².